The highest BCUT2D eigenvalue weighted by Crippen LogP contribution is 2.12. The van der Waals surface area contributed by atoms with E-state index in [-0.39, 0.29) is 0 Å². The second-order valence-electron chi connectivity index (χ2n) is 4.74. The summed E-state index contributed by atoms with van der Waals surface area (Å²) in [5.74, 6) is 0. The van der Waals surface area contributed by atoms with Gasteiger partial charge in [0.05, 0.1) is 0 Å². The lowest BCUT2D eigenvalue weighted by Crippen LogP contribution is -2.23. The Bertz CT molecular complexity index is 290. The molecular weight excluding hydrogens is 196 g/mol. The van der Waals surface area contributed by atoms with Gasteiger partial charge in [-0.2, -0.15) is 0 Å². The molecule has 0 aliphatic rings. The van der Waals surface area contributed by atoms with Crippen LogP contribution in [0.1, 0.15) is 30.5 Å². The summed E-state index contributed by atoms with van der Waals surface area (Å²) in [6, 6.07) is 9.21. The van der Waals surface area contributed by atoms with E-state index in [2.05, 4.69) is 62.4 Å². The average Bonchev–Trinajstić information content (AvgIpc) is 2.25. The number of nitrogens with one attached hydrogen (secondary N) is 1. The van der Waals surface area contributed by atoms with Crippen molar-refractivity contribution < 1.29 is 0 Å². The summed E-state index contributed by atoms with van der Waals surface area (Å²) in [5.41, 5.74) is 2.69. The van der Waals surface area contributed by atoms with E-state index >= 15 is 0 Å². The maximum atomic E-state index is 3.55. The van der Waals surface area contributed by atoms with E-state index in [1.807, 2.05) is 0 Å². The molecule has 0 aliphatic carbocycles. The van der Waals surface area contributed by atoms with E-state index in [9.17, 15) is 0 Å². The average molecular weight is 220 g/mol. The van der Waals surface area contributed by atoms with Crippen molar-refractivity contribution in [2.24, 2.45) is 0 Å². The molecule has 0 aromatic heterocycles. The number of hydrogen-bond donors (Lipinski definition) is 1. The highest BCUT2D eigenvalue weighted by molar-refractivity contribution is 5.23. The SMILES string of the molecule is Cc1ccc([C@H](C)NCCCN(C)C)cc1. The van der Waals surface area contributed by atoms with Crippen LogP contribution in [0.3, 0.4) is 0 Å². The van der Waals surface area contributed by atoms with E-state index in [1.165, 1.54) is 17.5 Å². The smallest absolute Gasteiger partial charge is 0.0291 e. The Kier molecular flexibility index (Phi) is 5.50. The van der Waals surface area contributed by atoms with Crippen LogP contribution in [0.15, 0.2) is 24.3 Å². The topological polar surface area (TPSA) is 15.3 Å². The van der Waals surface area contributed by atoms with Crippen molar-refractivity contribution in [3.8, 4) is 0 Å². The summed E-state index contributed by atoms with van der Waals surface area (Å²) in [4.78, 5) is 2.22. The normalized spacial score (nSPS) is 13.1. The van der Waals surface area contributed by atoms with Gasteiger partial charge in [-0.15, -0.1) is 0 Å². The molecule has 0 aliphatic heterocycles. The van der Waals surface area contributed by atoms with Gasteiger partial charge in [-0.1, -0.05) is 29.8 Å². The lowest BCUT2D eigenvalue weighted by Gasteiger charge is -2.15. The van der Waals surface area contributed by atoms with Crippen molar-refractivity contribution in [3.05, 3.63) is 35.4 Å². The standard InChI is InChI=1S/C14H24N2/c1-12-6-8-14(9-7-12)13(2)15-10-5-11-16(3)4/h6-9,13,15H,5,10-11H2,1-4H3/t13-/m0/s1. The maximum absolute atomic E-state index is 3.55. The van der Waals surface area contributed by atoms with Crippen molar-refractivity contribution >= 4 is 0 Å². The molecule has 0 heterocycles. The van der Waals surface area contributed by atoms with Gasteiger partial charge in [0.25, 0.3) is 0 Å². The molecule has 2 heteroatoms. The molecule has 1 N–H and O–H groups in total. The predicted octanol–water partition coefficient (Wildman–Crippen LogP) is 2.60. The number of rotatable bonds is 6. The maximum Gasteiger partial charge on any atom is 0.0291 e. The molecule has 0 spiro atoms. The minimum atomic E-state index is 0.447. The molecule has 0 saturated carbocycles. The molecule has 0 radical (unpaired) electrons. The van der Waals surface area contributed by atoms with E-state index in [0.29, 0.717) is 6.04 Å². The van der Waals surface area contributed by atoms with Crippen LogP contribution < -0.4 is 5.32 Å². The number of aryl methyl sites for hydroxylation is 1. The fourth-order valence-electron chi connectivity index (χ4n) is 1.69. The van der Waals surface area contributed by atoms with Crippen LogP contribution in [0.4, 0.5) is 0 Å². The van der Waals surface area contributed by atoms with Crippen molar-refractivity contribution in [3.63, 3.8) is 0 Å². The first-order valence-electron chi connectivity index (χ1n) is 6.04. The summed E-state index contributed by atoms with van der Waals surface area (Å²) in [7, 11) is 4.23. The summed E-state index contributed by atoms with van der Waals surface area (Å²) in [6.45, 7) is 6.57. The Hall–Kier alpha value is -0.860. The van der Waals surface area contributed by atoms with Crippen LogP contribution in [0, 0.1) is 6.92 Å². The molecule has 1 rings (SSSR count). The minimum absolute atomic E-state index is 0.447. The Morgan fingerprint density at radius 3 is 2.38 bits per heavy atom. The first-order valence-corrected chi connectivity index (χ1v) is 6.04. The van der Waals surface area contributed by atoms with Gasteiger partial charge in [0.15, 0.2) is 0 Å². The van der Waals surface area contributed by atoms with Crippen LogP contribution in [-0.4, -0.2) is 32.1 Å². The van der Waals surface area contributed by atoms with Gasteiger partial charge >= 0.3 is 0 Å². The summed E-state index contributed by atoms with van der Waals surface area (Å²) in [5, 5.41) is 3.55. The monoisotopic (exact) mass is 220 g/mol. The minimum Gasteiger partial charge on any atom is -0.310 e. The zero-order valence-corrected chi connectivity index (χ0v) is 11.0. The molecule has 90 valence electrons. The molecule has 0 amide bonds. The van der Waals surface area contributed by atoms with Crippen LogP contribution >= 0.6 is 0 Å². The first-order chi connectivity index (χ1) is 7.59. The van der Waals surface area contributed by atoms with Gasteiger partial charge in [-0.3, -0.25) is 0 Å². The Morgan fingerprint density at radius 2 is 1.81 bits per heavy atom. The van der Waals surface area contributed by atoms with Gasteiger partial charge < -0.3 is 10.2 Å². The van der Waals surface area contributed by atoms with Crippen molar-refractivity contribution in [2.75, 3.05) is 27.2 Å². The van der Waals surface area contributed by atoms with E-state index < -0.39 is 0 Å². The van der Waals surface area contributed by atoms with E-state index in [4.69, 9.17) is 0 Å². The highest BCUT2D eigenvalue weighted by atomic mass is 15.1. The molecule has 2 nitrogen and oxygen atoms in total. The van der Waals surface area contributed by atoms with Crippen molar-refractivity contribution in [1.29, 1.82) is 0 Å². The lowest BCUT2D eigenvalue weighted by molar-refractivity contribution is 0.389. The Balaban J connectivity index is 2.29. The van der Waals surface area contributed by atoms with E-state index in [1.54, 1.807) is 0 Å². The summed E-state index contributed by atoms with van der Waals surface area (Å²) >= 11 is 0. The van der Waals surface area contributed by atoms with Crippen LogP contribution in [-0.2, 0) is 0 Å². The third-order valence-electron chi connectivity index (χ3n) is 2.81. The zero-order valence-electron chi connectivity index (χ0n) is 11.0. The van der Waals surface area contributed by atoms with Crippen LogP contribution in [0.5, 0.6) is 0 Å². The second kappa shape index (κ2) is 6.66. The third-order valence-corrected chi connectivity index (χ3v) is 2.81. The quantitative estimate of drug-likeness (QED) is 0.741. The van der Waals surface area contributed by atoms with Crippen molar-refractivity contribution in [2.45, 2.75) is 26.3 Å². The molecule has 0 saturated heterocycles. The molecule has 16 heavy (non-hydrogen) atoms. The van der Waals surface area contributed by atoms with Gasteiger partial charge in [0.1, 0.15) is 0 Å². The van der Waals surface area contributed by atoms with Gasteiger partial charge in [-0.05, 0) is 53.0 Å². The molecule has 0 bridgehead atoms. The van der Waals surface area contributed by atoms with Crippen molar-refractivity contribution in [1.82, 2.24) is 10.2 Å². The number of hydrogen-bond acceptors (Lipinski definition) is 2. The molecule has 1 atom stereocenters. The second-order valence-corrected chi connectivity index (χ2v) is 4.74. The Morgan fingerprint density at radius 1 is 1.19 bits per heavy atom. The number of nitrogens with zero attached hydrogens (tertiary/aromatic N) is 1. The van der Waals surface area contributed by atoms with Gasteiger partial charge in [-0.25, -0.2) is 0 Å². The van der Waals surface area contributed by atoms with Crippen LogP contribution in [0.2, 0.25) is 0 Å². The van der Waals surface area contributed by atoms with E-state index in [0.717, 1.165) is 13.1 Å². The summed E-state index contributed by atoms with van der Waals surface area (Å²) < 4.78 is 0. The Labute approximate surface area is 99.7 Å². The molecule has 0 unspecified atom stereocenters. The number of benzene rings is 1. The fourth-order valence-corrected chi connectivity index (χ4v) is 1.69. The highest BCUT2D eigenvalue weighted by Gasteiger charge is 2.03. The van der Waals surface area contributed by atoms with Crippen LogP contribution in [0.25, 0.3) is 0 Å². The molecule has 1 aromatic carbocycles. The molecule has 1 aromatic rings. The predicted molar refractivity (Wildman–Crippen MR) is 70.8 cm³/mol. The summed E-state index contributed by atoms with van der Waals surface area (Å²) in [6.07, 6.45) is 1.20. The first kappa shape index (κ1) is 13.2. The fraction of sp³-hybridized carbons (Fsp3) is 0.571. The third kappa shape index (κ3) is 4.77. The molecule has 0 fully saturated rings. The van der Waals surface area contributed by atoms with Gasteiger partial charge in [0.2, 0.25) is 0 Å². The lowest BCUT2D eigenvalue weighted by atomic mass is 10.1. The van der Waals surface area contributed by atoms with Gasteiger partial charge in [0, 0.05) is 6.04 Å². The zero-order chi connectivity index (χ0) is 12.0. The molecular formula is C14H24N2. The largest absolute Gasteiger partial charge is 0.310 e.